The molecule has 0 bridgehead atoms. The van der Waals surface area contributed by atoms with Gasteiger partial charge in [0.1, 0.15) is 0 Å². The normalized spacial score (nSPS) is 43.9. The molecule has 0 radical (unpaired) electrons. The minimum Gasteiger partial charge on any atom is -0.374 e. The van der Waals surface area contributed by atoms with E-state index < -0.39 is 0 Å². The van der Waals surface area contributed by atoms with Crippen LogP contribution in [0.1, 0.15) is 59.3 Å². The summed E-state index contributed by atoms with van der Waals surface area (Å²) in [6.45, 7) is 11.8. The Morgan fingerprint density at radius 1 is 0.947 bits per heavy atom. The molecule has 4 unspecified atom stereocenters. The second-order valence-electron chi connectivity index (χ2n) is 7.14. The summed E-state index contributed by atoms with van der Waals surface area (Å²) in [6.07, 6.45) is 10.8. The van der Waals surface area contributed by atoms with Crippen LogP contribution < -0.4 is 0 Å². The van der Waals surface area contributed by atoms with Crippen LogP contribution in [0.3, 0.4) is 0 Å². The third-order valence-electron chi connectivity index (χ3n) is 5.97. The summed E-state index contributed by atoms with van der Waals surface area (Å²) in [7, 11) is 0. The van der Waals surface area contributed by atoms with Gasteiger partial charge < -0.3 is 4.74 Å². The van der Waals surface area contributed by atoms with Crippen LogP contribution in [-0.4, -0.2) is 12.7 Å². The predicted octanol–water partition coefficient (Wildman–Crippen LogP) is 5.07. The summed E-state index contributed by atoms with van der Waals surface area (Å²) in [6, 6.07) is 0. The van der Waals surface area contributed by atoms with E-state index in [-0.39, 0.29) is 0 Å². The summed E-state index contributed by atoms with van der Waals surface area (Å²) < 4.78 is 5.95. The van der Waals surface area contributed by atoms with Gasteiger partial charge in [0.15, 0.2) is 0 Å². The summed E-state index contributed by atoms with van der Waals surface area (Å²) in [5, 5.41) is 0. The van der Waals surface area contributed by atoms with E-state index in [0.29, 0.717) is 18.6 Å². The van der Waals surface area contributed by atoms with Crippen LogP contribution in [0.25, 0.3) is 0 Å². The third-order valence-corrected chi connectivity index (χ3v) is 5.97. The lowest BCUT2D eigenvalue weighted by Crippen LogP contribution is -2.40. The van der Waals surface area contributed by atoms with Gasteiger partial charge in [-0.05, 0) is 55.3 Å². The Morgan fingerprint density at radius 3 is 2.26 bits per heavy atom. The van der Waals surface area contributed by atoms with Gasteiger partial charge in [-0.3, -0.25) is 0 Å². The molecule has 0 aliphatic heterocycles. The Labute approximate surface area is 119 Å². The van der Waals surface area contributed by atoms with Crippen LogP contribution in [0.15, 0.2) is 12.7 Å². The molecular weight excluding hydrogens is 232 g/mol. The third kappa shape index (κ3) is 3.62. The van der Waals surface area contributed by atoms with Crippen molar-refractivity contribution < 1.29 is 4.74 Å². The summed E-state index contributed by atoms with van der Waals surface area (Å²) in [5.41, 5.74) is 0. The maximum absolute atomic E-state index is 5.95. The van der Waals surface area contributed by atoms with E-state index in [0.717, 1.165) is 23.7 Å². The highest BCUT2D eigenvalue weighted by Crippen LogP contribution is 2.45. The highest BCUT2D eigenvalue weighted by Gasteiger charge is 2.38. The SMILES string of the molecule is C=CCOC1CCC(C2CCC(C)CC2)C(C)C1C. The molecule has 2 fully saturated rings. The zero-order chi connectivity index (χ0) is 13.8. The molecule has 0 N–H and O–H groups in total. The van der Waals surface area contributed by atoms with E-state index in [9.17, 15) is 0 Å². The zero-order valence-electron chi connectivity index (χ0n) is 13.1. The van der Waals surface area contributed by atoms with Gasteiger partial charge in [-0.2, -0.15) is 0 Å². The summed E-state index contributed by atoms with van der Waals surface area (Å²) >= 11 is 0. The molecule has 0 saturated heterocycles. The molecule has 1 nitrogen and oxygen atoms in total. The highest BCUT2D eigenvalue weighted by molar-refractivity contribution is 4.89. The van der Waals surface area contributed by atoms with Crippen molar-refractivity contribution in [2.24, 2.45) is 29.6 Å². The molecule has 19 heavy (non-hydrogen) atoms. The predicted molar refractivity (Wildman–Crippen MR) is 82.1 cm³/mol. The number of rotatable bonds is 4. The number of ether oxygens (including phenoxy) is 1. The van der Waals surface area contributed by atoms with Crippen molar-refractivity contribution in [1.82, 2.24) is 0 Å². The van der Waals surface area contributed by atoms with Crippen LogP contribution in [-0.2, 0) is 4.74 Å². The van der Waals surface area contributed by atoms with Gasteiger partial charge in [-0.1, -0.05) is 39.7 Å². The minimum absolute atomic E-state index is 0.465. The lowest BCUT2D eigenvalue weighted by Gasteiger charge is -2.44. The maximum atomic E-state index is 5.95. The van der Waals surface area contributed by atoms with Crippen LogP contribution >= 0.6 is 0 Å². The fourth-order valence-electron chi connectivity index (χ4n) is 4.42. The number of hydrogen-bond donors (Lipinski definition) is 0. The van der Waals surface area contributed by atoms with E-state index in [2.05, 4.69) is 27.4 Å². The van der Waals surface area contributed by atoms with Crippen LogP contribution in [0.4, 0.5) is 0 Å². The van der Waals surface area contributed by atoms with Crippen LogP contribution in [0, 0.1) is 29.6 Å². The zero-order valence-corrected chi connectivity index (χ0v) is 13.1. The Hall–Kier alpha value is -0.300. The maximum Gasteiger partial charge on any atom is 0.0648 e. The van der Waals surface area contributed by atoms with Crippen LogP contribution in [0.5, 0.6) is 0 Å². The van der Waals surface area contributed by atoms with Crippen molar-refractivity contribution in [3.8, 4) is 0 Å². The average Bonchev–Trinajstić information content (AvgIpc) is 2.42. The smallest absolute Gasteiger partial charge is 0.0648 e. The topological polar surface area (TPSA) is 9.23 Å². The van der Waals surface area contributed by atoms with Gasteiger partial charge in [0.2, 0.25) is 0 Å². The lowest BCUT2D eigenvalue weighted by molar-refractivity contribution is -0.0456. The second kappa shape index (κ2) is 6.92. The van der Waals surface area contributed by atoms with Gasteiger partial charge in [-0.25, -0.2) is 0 Å². The van der Waals surface area contributed by atoms with Gasteiger partial charge in [0, 0.05) is 0 Å². The van der Waals surface area contributed by atoms with E-state index in [1.165, 1.54) is 38.5 Å². The molecule has 0 spiro atoms. The van der Waals surface area contributed by atoms with Gasteiger partial charge in [0.05, 0.1) is 12.7 Å². The first-order chi connectivity index (χ1) is 9.13. The molecule has 2 saturated carbocycles. The van der Waals surface area contributed by atoms with E-state index in [1.54, 1.807) is 0 Å². The Bertz CT molecular complexity index is 277. The van der Waals surface area contributed by atoms with Crippen molar-refractivity contribution in [3.05, 3.63) is 12.7 Å². The van der Waals surface area contributed by atoms with Crippen molar-refractivity contribution >= 4 is 0 Å². The van der Waals surface area contributed by atoms with Crippen LogP contribution in [0.2, 0.25) is 0 Å². The van der Waals surface area contributed by atoms with Gasteiger partial charge in [0.25, 0.3) is 0 Å². The molecule has 2 rings (SSSR count). The Morgan fingerprint density at radius 2 is 1.63 bits per heavy atom. The molecular formula is C18H32O. The Balaban J connectivity index is 1.89. The Kier molecular flexibility index (Phi) is 5.50. The van der Waals surface area contributed by atoms with E-state index in [1.807, 2.05) is 6.08 Å². The fourth-order valence-corrected chi connectivity index (χ4v) is 4.42. The number of hydrogen-bond acceptors (Lipinski definition) is 1. The van der Waals surface area contributed by atoms with Crippen molar-refractivity contribution in [3.63, 3.8) is 0 Å². The first kappa shape index (κ1) is 15.1. The molecule has 110 valence electrons. The first-order valence-corrected chi connectivity index (χ1v) is 8.36. The monoisotopic (exact) mass is 264 g/mol. The average molecular weight is 264 g/mol. The fraction of sp³-hybridized carbons (Fsp3) is 0.889. The van der Waals surface area contributed by atoms with E-state index >= 15 is 0 Å². The molecule has 0 heterocycles. The molecule has 0 amide bonds. The lowest BCUT2D eigenvalue weighted by atomic mass is 9.63. The molecule has 2 aliphatic rings. The molecule has 0 aromatic rings. The molecule has 4 atom stereocenters. The largest absolute Gasteiger partial charge is 0.374 e. The van der Waals surface area contributed by atoms with Gasteiger partial charge >= 0.3 is 0 Å². The van der Waals surface area contributed by atoms with E-state index in [4.69, 9.17) is 4.74 Å². The standard InChI is InChI=1S/C18H32O/c1-5-12-19-18-11-10-17(14(3)15(18)4)16-8-6-13(2)7-9-16/h5,13-18H,1,6-12H2,2-4H3. The summed E-state index contributed by atoms with van der Waals surface area (Å²) in [4.78, 5) is 0. The summed E-state index contributed by atoms with van der Waals surface area (Å²) in [5.74, 6) is 4.44. The molecule has 2 aliphatic carbocycles. The highest BCUT2D eigenvalue weighted by atomic mass is 16.5. The molecule has 1 heteroatoms. The quantitative estimate of drug-likeness (QED) is 0.644. The molecule has 0 aromatic heterocycles. The molecule has 0 aromatic carbocycles. The second-order valence-corrected chi connectivity index (χ2v) is 7.14. The minimum atomic E-state index is 0.465. The first-order valence-electron chi connectivity index (χ1n) is 8.36. The van der Waals surface area contributed by atoms with Crippen molar-refractivity contribution in [2.75, 3.05) is 6.61 Å². The van der Waals surface area contributed by atoms with Gasteiger partial charge in [-0.15, -0.1) is 6.58 Å². The van der Waals surface area contributed by atoms with Crippen molar-refractivity contribution in [2.45, 2.75) is 65.4 Å². The van der Waals surface area contributed by atoms with Crippen molar-refractivity contribution in [1.29, 1.82) is 0 Å².